The van der Waals surface area contributed by atoms with Gasteiger partial charge in [-0.1, -0.05) is 11.6 Å². The van der Waals surface area contributed by atoms with Crippen LogP contribution in [0.5, 0.6) is 5.75 Å². The number of aromatic nitrogens is 1. The van der Waals surface area contributed by atoms with Crippen molar-refractivity contribution >= 4 is 40.5 Å². The summed E-state index contributed by atoms with van der Waals surface area (Å²) in [6, 6.07) is 10.4. The molecule has 0 spiro atoms. The minimum atomic E-state index is -0.572. The van der Waals surface area contributed by atoms with Crippen molar-refractivity contribution < 1.29 is 28.6 Å². The molecular weight excluding hydrogens is 484 g/mol. The molecule has 1 aliphatic heterocycles. The van der Waals surface area contributed by atoms with Crippen LogP contribution in [0.25, 0.3) is 10.9 Å². The van der Waals surface area contributed by atoms with E-state index >= 15 is 0 Å². The Hall–Kier alpha value is -3.52. The van der Waals surface area contributed by atoms with Crippen LogP contribution in [-0.4, -0.2) is 60.3 Å². The van der Waals surface area contributed by atoms with E-state index in [0.717, 1.165) is 5.56 Å². The largest absolute Gasteiger partial charge is 0.496 e. The molecule has 0 radical (unpaired) electrons. The normalized spacial score (nSPS) is 13.9. The third-order valence-electron chi connectivity index (χ3n) is 6.08. The summed E-state index contributed by atoms with van der Waals surface area (Å²) in [6.45, 7) is 6.43. The van der Waals surface area contributed by atoms with Crippen molar-refractivity contribution in [3.05, 3.63) is 64.3 Å². The van der Waals surface area contributed by atoms with Crippen molar-refractivity contribution in [1.29, 1.82) is 0 Å². The average molecular weight is 513 g/mol. The first kappa shape index (κ1) is 25.6. The van der Waals surface area contributed by atoms with Gasteiger partial charge in [-0.15, -0.1) is 0 Å². The molecule has 2 heterocycles. The van der Waals surface area contributed by atoms with E-state index in [1.807, 2.05) is 32.9 Å². The van der Waals surface area contributed by atoms with E-state index in [-0.39, 0.29) is 24.3 Å². The molecule has 36 heavy (non-hydrogen) atoms. The zero-order valence-electron chi connectivity index (χ0n) is 21.0. The number of fused-ring (bicyclic) bond motifs is 1. The van der Waals surface area contributed by atoms with Gasteiger partial charge in [-0.2, -0.15) is 0 Å². The molecule has 9 heteroatoms. The molecule has 1 aliphatic rings. The molecule has 1 saturated heterocycles. The van der Waals surface area contributed by atoms with Gasteiger partial charge in [0.15, 0.2) is 0 Å². The fourth-order valence-corrected chi connectivity index (χ4v) is 4.38. The van der Waals surface area contributed by atoms with Crippen LogP contribution in [0.3, 0.4) is 0 Å². The molecule has 0 unspecified atom stereocenters. The van der Waals surface area contributed by atoms with Crippen molar-refractivity contribution in [2.75, 3.05) is 27.3 Å². The number of amides is 1. The van der Waals surface area contributed by atoms with Crippen molar-refractivity contribution in [2.24, 2.45) is 0 Å². The molecular formula is C27H29ClN2O6. The van der Waals surface area contributed by atoms with E-state index in [4.69, 9.17) is 25.8 Å². The van der Waals surface area contributed by atoms with E-state index in [2.05, 4.69) is 0 Å². The van der Waals surface area contributed by atoms with Gasteiger partial charge in [0.1, 0.15) is 11.4 Å². The number of carbonyl (C=O) groups is 3. The Bertz CT molecular complexity index is 1320. The fourth-order valence-electron chi connectivity index (χ4n) is 4.25. The van der Waals surface area contributed by atoms with E-state index in [1.54, 1.807) is 42.5 Å². The first-order valence-corrected chi connectivity index (χ1v) is 12.0. The van der Waals surface area contributed by atoms with Crippen LogP contribution < -0.4 is 4.74 Å². The summed E-state index contributed by atoms with van der Waals surface area (Å²) in [7, 11) is 2.90. The number of hydrogen-bond donors (Lipinski definition) is 0. The standard InChI is InChI=1S/C27H29ClN2O6/c1-27(2,3)36-26(33)29-13-18(14-29)21-11-22-20(12-23(21)34-4)17(10-24(31)35-5)15-30(22)25(32)16-6-8-19(28)9-7-16/h6-9,11-12,15,18H,10,13-14H2,1-5H3. The number of halogens is 1. The third-order valence-corrected chi connectivity index (χ3v) is 6.34. The molecule has 1 amide bonds. The Kier molecular flexibility index (Phi) is 7.00. The SMILES string of the molecule is COC(=O)Cc1cn(C(=O)c2ccc(Cl)cc2)c2cc(C3CN(C(=O)OC(C)(C)C)C3)c(OC)cc12. The lowest BCUT2D eigenvalue weighted by Crippen LogP contribution is -2.50. The maximum atomic E-state index is 13.4. The first-order valence-electron chi connectivity index (χ1n) is 11.6. The summed E-state index contributed by atoms with van der Waals surface area (Å²) in [4.78, 5) is 39.6. The van der Waals surface area contributed by atoms with Crippen LogP contribution in [0.2, 0.25) is 5.02 Å². The second-order valence-corrected chi connectivity index (χ2v) is 10.2. The van der Waals surface area contributed by atoms with Gasteiger partial charge >= 0.3 is 12.1 Å². The van der Waals surface area contributed by atoms with Crippen LogP contribution in [0, 0.1) is 0 Å². The van der Waals surface area contributed by atoms with Crippen LogP contribution in [0.15, 0.2) is 42.6 Å². The first-order chi connectivity index (χ1) is 17.0. The zero-order valence-corrected chi connectivity index (χ0v) is 21.7. The minimum absolute atomic E-state index is 0.00620. The van der Waals surface area contributed by atoms with Gasteiger partial charge in [0.25, 0.3) is 5.91 Å². The predicted octanol–water partition coefficient (Wildman–Crippen LogP) is 5.04. The Balaban J connectivity index is 1.73. The molecule has 1 aromatic heterocycles. The number of hydrogen-bond acceptors (Lipinski definition) is 6. The van der Waals surface area contributed by atoms with Gasteiger partial charge in [-0.25, -0.2) is 4.79 Å². The molecule has 3 aromatic rings. The van der Waals surface area contributed by atoms with Gasteiger partial charge < -0.3 is 19.1 Å². The number of rotatable bonds is 5. The highest BCUT2D eigenvalue weighted by Gasteiger charge is 2.36. The Morgan fingerprint density at radius 3 is 2.31 bits per heavy atom. The maximum absolute atomic E-state index is 13.4. The number of nitrogens with zero attached hydrogens (tertiary/aromatic N) is 2. The molecule has 0 N–H and O–H groups in total. The summed E-state index contributed by atoms with van der Waals surface area (Å²) >= 11 is 6.00. The number of ether oxygens (including phenoxy) is 3. The number of likely N-dealkylation sites (tertiary alicyclic amines) is 1. The summed E-state index contributed by atoms with van der Waals surface area (Å²) in [6.07, 6.45) is 1.31. The van der Waals surface area contributed by atoms with Gasteiger partial charge in [-0.05, 0) is 62.7 Å². The lowest BCUT2D eigenvalue weighted by molar-refractivity contribution is -0.139. The lowest BCUT2D eigenvalue weighted by Gasteiger charge is -2.40. The van der Waals surface area contributed by atoms with Crippen molar-refractivity contribution in [3.63, 3.8) is 0 Å². The molecule has 0 aliphatic carbocycles. The highest BCUT2D eigenvalue weighted by molar-refractivity contribution is 6.30. The molecule has 8 nitrogen and oxygen atoms in total. The summed E-state index contributed by atoms with van der Waals surface area (Å²) < 4.78 is 17.5. The van der Waals surface area contributed by atoms with Crippen LogP contribution >= 0.6 is 11.6 Å². The highest BCUT2D eigenvalue weighted by atomic mass is 35.5. The number of methoxy groups -OCH3 is 2. The van der Waals surface area contributed by atoms with Crippen molar-refractivity contribution in [2.45, 2.75) is 38.7 Å². The van der Waals surface area contributed by atoms with Crippen LogP contribution in [0.4, 0.5) is 4.79 Å². The zero-order chi connectivity index (χ0) is 26.2. The fraction of sp³-hybridized carbons (Fsp3) is 0.370. The monoisotopic (exact) mass is 512 g/mol. The molecule has 190 valence electrons. The molecule has 2 aromatic carbocycles. The summed E-state index contributed by atoms with van der Waals surface area (Å²) in [5.41, 5.74) is 2.04. The van der Waals surface area contributed by atoms with Gasteiger partial charge in [0, 0.05) is 46.7 Å². The second kappa shape index (κ2) is 9.85. The summed E-state index contributed by atoms with van der Waals surface area (Å²) in [5.74, 6) is -0.0371. The van der Waals surface area contributed by atoms with Gasteiger partial charge in [-0.3, -0.25) is 14.2 Å². The second-order valence-electron chi connectivity index (χ2n) is 9.78. The van der Waals surface area contributed by atoms with Gasteiger partial charge in [0.05, 0.1) is 26.2 Å². The molecule has 4 rings (SSSR count). The molecule has 0 bridgehead atoms. The molecule has 0 saturated carbocycles. The van der Waals surface area contributed by atoms with E-state index in [0.29, 0.717) is 45.9 Å². The number of carbonyl (C=O) groups excluding carboxylic acids is 3. The minimum Gasteiger partial charge on any atom is -0.496 e. The Morgan fingerprint density at radius 2 is 1.72 bits per heavy atom. The molecule has 0 atom stereocenters. The van der Waals surface area contributed by atoms with Crippen molar-refractivity contribution in [3.8, 4) is 5.75 Å². The third kappa shape index (κ3) is 5.18. The number of benzene rings is 2. The Labute approximate surface area is 214 Å². The van der Waals surface area contributed by atoms with Crippen LogP contribution in [0.1, 0.15) is 48.2 Å². The lowest BCUT2D eigenvalue weighted by atomic mass is 9.90. The highest BCUT2D eigenvalue weighted by Crippen LogP contribution is 2.38. The smallest absolute Gasteiger partial charge is 0.410 e. The average Bonchev–Trinajstić information content (AvgIpc) is 3.13. The van der Waals surface area contributed by atoms with E-state index in [9.17, 15) is 14.4 Å². The number of esters is 1. The molecule has 1 fully saturated rings. The van der Waals surface area contributed by atoms with Crippen molar-refractivity contribution in [1.82, 2.24) is 9.47 Å². The van der Waals surface area contributed by atoms with E-state index in [1.165, 1.54) is 11.7 Å². The topological polar surface area (TPSA) is 87.1 Å². The van der Waals surface area contributed by atoms with E-state index < -0.39 is 11.6 Å². The Morgan fingerprint density at radius 1 is 1.06 bits per heavy atom. The van der Waals surface area contributed by atoms with Crippen LogP contribution in [-0.2, 0) is 20.7 Å². The van der Waals surface area contributed by atoms with Gasteiger partial charge in [0.2, 0.25) is 0 Å². The maximum Gasteiger partial charge on any atom is 0.410 e. The predicted molar refractivity (Wildman–Crippen MR) is 136 cm³/mol. The quantitative estimate of drug-likeness (QED) is 0.445. The summed E-state index contributed by atoms with van der Waals surface area (Å²) in [5, 5.41) is 1.24.